The van der Waals surface area contributed by atoms with Crippen LogP contribution >= 0.6 is 37.2 Å². The lowest BCUT2D eigenvalue weighted by Gasteiger charge is -2.12. The fraction of sp³-hybridized carbons (Fsp3) is 0.273. The van der Waals surface area contributed by atoms with Crippen molar-refractivity contribution < 1.29 is 4.79 Å². The Morgan fingerprint density at radius 1 is 1.10 bits per heavy atom. The van der Waals surface area contributed by atoms with Gasteiger partial charge in [-0.25, -0.2) is 4.98 Å². The third-order valence-corrected chi connectivity index (χ3v) is 5.19. The molecule has 168 valence electrons. The van der Waals surface area contributed by atoms with E-state index in [1.54, 1.807) is 0 Å². The van der Waals surface area contributed by atoms with E-state index in [0.29, 0.717) is 0 Å². The second kappa shape index (κ2) is 11.0. The normalized spacial score (nSPS) is 10.6. The standard InChI is InChI=1S/C22H25N5O.3ClH/c1-14-16-6-4-5-7-18(16)25-22-21(14)17-12-15(24-20(28)13-23)8-9-19(17)27(22)11-10-26(2)3;;;/h4-9,12H,10-11,13,23H2,1-3H3,(H,24,28);3*1H. The average Bonchev–Trinajstić information content (AvgIpc) is 2.99. The maximum Gasteiger partial charge on any atom is 0.238 e. The second-order valence-electron chi connectivity index (χ2n) is 7.39. The van der Waals surface area contributed by atoms with Gasteiger partial charge in [0.1, 0.15) is 5.65 Å². The highest BCUT2D eigenvalue weighted by molar-refractivity contribution is 6.13. The Bertz CT molecular complexity index is 1210. The first-order chi connectivity index (χ1) is 13.5. The van der Waals surface area contributed by atoms with E-state index >= 15 is 0 Å². The summed E-state index contributed by atoms with van der Waals surface area (Å²) in [7, 11) is 4.14. The summed E-state index contributed by atoms with van der Waals surface area (Å²) in [5, 5.41) is 6.25. The number of pyridine rings is 1. The number of halogens is 3. The molecule has 0 bridgehead atoms. The molecule has 2 aromatic carbocycles. The number of carbonyl (C=O) groups is 1. The van der Waals surface area contributed by atoms with Gasteiger partial charge < -0.3 is 20.5 Å². The van der Waals surface area contributed by atoms with E-state index in [9.17, 15) is 4.79 Å². The maximum atomic E-state index is 11.7. The van der Waals surface area contributed by atoms with Gasteiger partial charge in [-0.2, -0.15) is 0 Å². The molecule has 0 saturated carbocycles. The fourth-order valence-electron chi connectivity index (χ4n) is 3.78. The van der Waals surface area contributed by atoms with Crippen LogP contribution in [0.3, 0.4) is 0 Å². The first kappa shape index (κ1) is 26.9. The molecular formula is C22H28Cl3N5O. The number of aryl methyl sites for hydroxylation is 1. The lowest BCUT2D eigenvalue weighted by Crippen LogP contribution is -2.21. The number of hydrogen-bond donors (Lipinski definition) is 2. The molecule has 0 atom stereocenters. The molecule has 0 saturated heterocycles. The van der Waals surface area contributed by atoms with Crippen LogP contribution in [0.2, 0.25) is 0 Å². The summed E-state index contributed by atoms with van der Waals surface area (Å²) in [6, 6.07) is 14.2. The molecule has 0 fully saturated rings. The Kier molecular flexibility index (Phi) is 9.54. The van der Waals surface area contributed by atoms with Crippen molar-refractivity contribution >= 4 is 81.7 Å². The lowest BCUT2D eigenvalue weighted by molar-refractivity contribution is -0.114. The Balaban J connectivity index is 0.00000160. The molecule has 0 spiro atoms. The number of fused-ring (bicyclic) bond motifs is 4. The van der Waals surface area contributed by atoms with Crippen LogP contribution in [0, 0.1) is 6.92 Å². The predicted molar refractivity (Wildman–Crippen MR) is 137 cm³/mol. The highest BCUT2D eigenvalue weighted by Crippen LogP contribution is 2.35. The maximum absolute atomic E-state index is 11.7. The first-order valence-electron chi connectivity index (χ1n) is 9.45. The van der Waals surface area contributed by atoms with E-state index in [2.05, 4.69) is 54.0 Å². The zero-order valence-corrected chi connectivity index (χ0v) is 20.2. The Labute approximate surface area is 200 Å². The summed E-state index contributed by atoms with van der Waals surface area (Å²) in [4.78, 5) is 18.9. The van der Waals surface area contributed by atoms with E-state index in [-0.39, 0.29) is 49.7 Å². The van der Waals surface area contributed by atoms with Crippen LogP contribution in [0.15, 0.2) is 42.5 Å². The van der Waals surface area contributed by atoms with Gasteiger partial charge in [-0.15, -0.1) is 37.2 Å². The van der Waals surface area contributed by atoms with Crippen LogP contribution in [0.4, 0.5) is 5.69 Å². The number of aromatic nitrogens is 2. The largest absolute Gasteiger partial charge is 0.325 e. The SMILES string of the molecule is Cc1c2ccccc2nc2c1c1cc(NC(=O)CN)ccc1n2CCN(C)C.Cl.Cl.Cl. The molecule has 6 nitrogen and oxygen atoms in total. The quantitative estimate of drug-likeness (QED) is 0.441. The minimum atomic E-state index is -0.198. The Morgan fingerprint density at radius 3 is 2.48 bits per heavy atom. The monoisotopic (exact) mass is 483 g/mol. The summed E-state index contributed by atoms with van der Waals surface area (Å²) in [5.41, 5.74) is 10.5. The van der Waals surface area contributed by atoms with Crippen molar-refractivity contribution in [3.63, 3.8) is 0 Å². The molecule has 1 amide bonds. The first-order valence-corrected chi connectivity index (χ1v) is 9.45. The van der Waals surface area contributed by atoms with Gasteiger partial charge in [0.25, 0.3) is 0 Å². The molecule has 3 N–H and O–H groups in total. The summed E-state index contributed by atoms with van der Waals surface area (Å²) >= 11 is 0. The molecule has 2 aromatic heterocycles. The highest BCUT2D eigenvalue weighted by atomic mass is 35.5. The summed E-state index contributed by atoms with van der Waals surface area (Å²) in [6.07, 6.45) is 0. The van der Waals surface area contributed by atoms with Crippen molar-refractivity contribution in [3.05, 3.63) is 48.0 Å². The van der Waals surface area contributed by atoms with Gasteiger partial charge in [0.2, 0.25) is 5.91 Å². The molecule has 0 aliphatic heterocycles. The molecule has 4 aromatic rings. The van der Waals surface area contributed by atoms with Crippen LogP contribution in [-0.2, 0) is 11.3 Å². The minimum absolute atomic E-state index is 0. The molecular weight excluding hydrogens is 457 g/mol. The second-order valence-corrected chi connectivity index (χ2v) is 7.39. The van der Waals surface area contributed by atoms with Crippen molar-refractivity contribution in [2.24, 2.45) is 5.73 Å². The minimum Gasteiger partial charge on any atom is -0.325 e. The van der Waals surface area contributed by atoms with Crippen LogP contribution in [-0.4, -0.2) is 47.5 Å². The molecule has 0 radical (unpaired) electrons. The fourth-order valence-corrected chi connectivity index (χ4v) is 3.78. The number of nitrogens with two attached hydrogens (primary N) is 1. The number of rotatable bonds is 5. The number of benzene rings is 2. The number of carbonyl (C=O) groups excluding carboxylic acids is 1. The molecule has 0 aliphatic carbocycles. The van der Waals surface area contributed by atoms with Crippen molar-refractivity contribution in [1.29, 1.82) is 0 Å². The zero-order chi connectivity index (χ0) is 19.8. The third kappa shape index (κ3) is 5.05. The Morgan fingerprint density at radius 2 is 1.81 bits per heavy atom. The van der Waals surface area contributed by atoms with Gasteiger partial charge in [0, 0.05) is 34.9 Å². The Hall–Kier alpha value is -2.09. The zero-order valence-electron chi connectivity index (χ0n) is 17.7. The van der Waals surface area contributed by atoms with Crippen LogP contribution in [0.5, 0.6) is 0 Å². The summed E-state index contributed by atoms with van der Waals surface area (Å²) < 4.78 is 2.28. The van der Waals surface area contributed by atoms with E-state index in [1.807, 2.05) is 24.3 Å². The van der Waals surface area contributed by atoms with E-state index in [1.165, 1.54) is 5.56 Å². The van der Waals surface area contributed by atoms with Crippen molar-refractivity contribution in [3.8, 4) is 0 Å². The summed E-state index contributed by atoms with van der Waals surface area (Å²) in [6.45, 7) is 3.87. The van der Waals surface area contributed by atoms with Gasteiger partial charge in [-0.3, -0.25) is 4.79 Å². The predicted octanol–water partition coefficient (Wildman–Crippen LogP) is 4.38. The van der Waals surface area contributed by atoms with Gasteiger partial charge in [-0.05, 0) is 50.8 Å². The smallest absolute Gasteiger partial charge is 0.238 e. The van der Waals surface area contributed by atoms with Crippen LogP contribution in [0.1, 0.15) is 5.56 Å². The molecule has 31 heavy (non-hydrogen) atoms. The van der Waals surface area contributed by atoms with Crippen molar-refractivity contribution in [2.75, 3.05) is 32.5 Å². The number of anilines is 1. The average molecular weight is 485 g/mol. The number of para-hydroxylation sites is 1. The lowest BCUT2D eigenvalue weighted by atomic mass is 10.0. The molecule has 9 heteroatoms. The highest BCUT2D eigenvalue weighted by Gasteiger charge is 2.17. The van der Waals surface area contributed by atoms with Crippen molar-refractivity contribution in [1.82, 2.24) is 14.5 Å². The number of likely N-dealkylation sites (N-methyl/N-ethyl adjacent to an activating group) is 1. The third-order valence-electron chi connectivity index (χ3n) is 5.19. The number of hydrogen-bond acceptors (Lipinski definition) is 4. The van der Waals surface area contributed by atoms with Crippen molar-refractivity contribution in [2.45, 2.75) is 13.5 Å². The van der Waals surface area contributed by atoms with Crippen LogP contribution < -0.4 is 11.1 Å². The van der Waals surface area contributed by atoms with E-state index in [4.69, 9.17) is 10.7 Å². The van der Waals surface area contributed by atoms with E-state index < -0.39 is 0 Å². The number of nitrogens with zero attached hydrogens (tertiary/aromatic N) is 3. The van der Waals surface area contributed by atoms with Crippen LogP contribution in [0.25, 0.3) is 32.8 Å². The number of nitrogens with one attached hydrogen (secondary N) is 1. The van der Waals surface area contributed by atoms with Gasteiger partial charge in [0.05, 0.1) is 17.6 Å². The molecule has 4 rings (SSSR count). The molecule has 0 aliphatic rings. The van der Waals surface area contributed by atoms with Gasteiger partial charge in [-0.1, -0.05) is 18.2 Å². The molecule has 2 heterocycles. The summed E-state index contributed by atoms with van der Waals surface area (Å²) in [5.74, 6) is -0.198. The van der Waals surface area contributed by atoms with Gasteiger partial charge >= 0.3 is 0 Å². The topological polar surface area (TPSA) is 76.2 Å². The number of amides is 1. The molecule has 0 unspecified atom stereocenters. The van der Waals surface area contributed by atoms with Gasteiger partial charge in [0.15, 0.2) is 0 Å². The van der Waals surface area contributed by atoms with E-state index in [0.717, 1.165) is 51.6 Å².